The van der Waals surface area contributed by atoms with Crippen LogP contribution in [0, 0.1) is 5.82 Å². The molecule has 25 heavy (non-hydrogen) atoms. The van der Waals surface area contributed by atoms with Crippen LogP contribution in [0.4, 0.5) is 4.39 Å². The summed E-state index contributed by atoms with van der Waals surface area (Å²) in [5.74, 6) is -1.48. The fraction of sp³-hybridized carbons (Fsp3) is 0.200. The lowest BCUT2D eigenvalue weighted by molar-refractivity contribution is -0.151. The number of esters is 1. The third-order valence-corrected chi connectivity index (χ3v) is 3.80. The van der Waals surface area contributed by atoms with Crippen LogP contribution in [0.15, 0.2) is 60.7 Å². The molecule has 0 saturated heterocycles. The highest BCUT2D eigenvalue weighted by Crippen LogP contribution is 2.23. The van der Waals surface area contributed by atoms with Crippen molar-refractivity contribution in [2.75, 3.05) is 0 Å². The minimum absolute atomic E-state index is 0.159. The molecule has 1 aliphatic rings. The second-order valence-corrected chi connectivity index (χ2v) is 5.87. The normalized spacial score (nSPS) is 14.9. The number of ether oxygens (including phenoxy) is 1. The Labute approximate surface area is 145 Å². The Hall–Kier alpha value is -2.95. The van der Waals surface area contributed by atoms with Gasteiger partial charge in [0.25, 0.3) is 5.91 Å². The van der Waals surface area contributed by atoms with Gasteiger partial charge in [0.1, 0.15) is 5.82 Å². The molecule has 0 spiro atoms. The van der Waals surface area contributed by atoms with Gasteiger partial charge in [0, 0.05) is 23.2 Å². The summed E-state index contributed by atoms with van der Waals surface area (Å²) in [7, 11) is 0. The van der Waals surface area contributed by atoms with Crippen molar-refractivity contribution in [2.45, 2.75) is 25.0 Å². The predicted octanol–water partition coefficient (Wildman–Crippen LogP) is 3.40. The average molecular weight is 339 g/mol. The summed E-state index contributed by atoms with van der Waals surface area (Å²) in [6.07, 6.45) is 3.31. The molecule has 3 rings (SSSR count). The van der Waals surface area contributed by atoms with Gasteiger partial charge in [-0.05, 0) is 25.0 Å². The van der Waals surface area contributed by atoms with Gasteiger partial charge in [0.2, 0.25) is 6.10 Å². The molecule has 0 unspecified atom stereocenters. The molecule has 0 radical (unpaired) electrons. The second-order valence-electron chi connectivity index (χ2n) is 5.87. The number of hydrogen-bond donors (Lipinski definition) is 1. The zero-order valence-electron chi connectivity index (χ0n) is 13.5. The summed E-state index contributed by atoms with van der Waals surface area (Å²) in [6, 6.07) is 15.1. The number of hydrogen-bond acceptors (Lipinski definition) is 3. The number of nitrogens with one attached hydrogen (secondary N) is 1. The summed E-state index contributed by atoms with van der Waals surface area (Å²) >= 11 is 0. The third kappa shape index (κ3) is 4.76. The number of rotatable bonds is 6. The Morgan fingerprint density at radius 3 is 2.44 bits per heavy atom. The number of benzene rings is 2. The summed E-state index contributed by atoms with van der Waals surface area (Å²) in [5.41, 5.74) is 0.867. The standard InChI is InChI=1S/C20H18FNO3/c21-17-9-5-4-6-14(17)10-13-18(23)25-19(15-7-2-1-3-8-15)20(24)22-16-11-12-16/h1-10,13,16,19H,11-12H2,(H,22,24)/b13-10+/t19-/m1/s1. The highest BCUT2D eigenvalue weighted by molar-refractivity contribution is 5.91. The maximum atomic E-state index is 13.6. The number of carbonyl (C=O) groups excluding carboxylic acids is 2. The van der Waals surface area contributed by atoms with E-state index in [0.29, 0.717) is 5.56 Å². The zero-order valence-corrected chi connectivity index (χ0v) is 13.5. The van der Waals surface area contributed by atoms with Gasteiger partial charge in [0.15, 0.2) is 0 Å². The van der Waals surface area contributed by atoms with Gasteiger partial charge in [0.05, 0.1) is 0 Å². The summed E-state index contributed by atoms with van der Waals surface area (Å²) < 4.78 is 18.9. The maximum absolute atomic E-state index is 13.6. The molecular formula is C20H18FNO3. The van der Waals surface area contributed by atoms with E-state index in [9.17, 15) is 14.0 Å². The van der Waals surface area contributed by atoms with Crippen molar-refractivity contribution in [3.05, 3.63) is 77.6 Å². The first-order valence-electron chi connectivity index (χ1n) is 8.12. The predicted molar refractivity (Wildman–Crippen MR) is 91.9 cm³/mol. The van der Waals surface area contributed by atoms with Crippen molar-refractivity contribution < 1.29 is 18.7 Å². The Balaban J connectivity index is 1.71. The SMILES string of the molecule is O=C(/C=C/c1ccccc1F)O[C@@H](C(=O)NC1CC1)c1ccccc1. The number of carbonyl (C=O) groups is 2. The van der Waals surface area contributed by atoms with Gasteiger partial charge in [-0.2, -0.15) is 0 Å². The molecule has 1 fully saturated rings. The molecule has 1 aliphatic carbocycles. The van der Waals surface area contributed by atoms with E-state index < -0.39 is 17.9 Å². The van der Waals surface area contributed by atoms with Gasteiger partial charge in [-0.15, -0.1) is 0 Å². The topological polar surface area (TPSA) is 55.4 Å². The van der Waals surface area contributed by atoms with Crippen LogP contribution in [0.1, 0.15) is 30.1 Å². The smallest absolute Gasteiger partial charge is 0.331 e. The highest BCUT2D eigenvalue weighted by Gasteiger charge is 2.30. The van der Waals surface area contributed by atoms with E-state index in [-0.39, 0.29) is 17.5 Å². The van der Waals surface area contributed by atoms with Crippen LogP contribution in [-0.2, 0) is 14.3 Å². The van der Waals surface area contributed by atoms with Crippen molar-refractivity contribution in [1.82, 2.24) is 5.32 Å². The lowest BCUT2D eigenvalue weighted by Gasteiger charge is -2.17. The van der Waals surface area contributed by atoms with Gasteiger partial charge >= 0.3 is 5.97 Å². The molecule has 0 heterocycles. The van der Waals surface area contributed by atoms with Crippen LogP contribution in [0.5, 0.6) is 0 Å². The van der Waals surface area contributed by atoms with Crippen molar-refractivity contribution >= 4 is 18.0 Å². The highest BCUT2D eigenvalue weighted by atomic mass is 19.1. The molecule has 1 saturated carbocycles. The molecule has 0 aliphatic heterocycles. The Morgan fingerprint density at radius 1 is 1.08 bits per heavy atom. The van der Waals surface area contributed by atoms with Crippen LogP contribution >= 0.6 is 0 Å². The van der Waals surface area contributed by atoms with Crippen molar-refractivity contribution in [3.8, 4) is 0 Å². The average Bonchev–Trinajstić information content (AvgIpc) is 3.43. The van der Waals surface area contributed by atoms with Crippen LogP contribution < -0.4 is 5.32 Å². The van der Waals surface area contributed by atoms with Gasteiger partial charge in [-0.3, -0.25) is 4.79 Å². The van der Waals surface area contributed by atoms with Crippen LogP contribution in [0.25, 0.3) is 6.08 Å². The van der Waals surface area contributed by atoms with E-state index in [1.54, 1.807) is 42.5 Å². The molecule has 1 amide bonds. The first-order valence-corrected chi connectivity index (χ1v) is 8.12. The minimum Gasteiger partial charge on any atom is -0.444 e. The number of amides is 1. The van der Waals surface area contributed by atoms with Crippen molar-refractivity contribution in [3.63, 3.8) is 0 Å². The van der Waals surface area contributed by atoms with E-state index in [4.69, 9.17) is 4.74 Å². The quantitative estimate of drug-likeness (QED) is 0.648. The third-order valence-electron chi connectivity index (χ3n) is 3.80. The number of halogens is 1. The van der Waals surface area contributed by atoms with Crippen LogP contribution in [-0.4, -0.2) is 17.9 Å². The van der Waals surface area contributed by atoms with Gasteiger partial charge < -0.3 is 10.1 Å². The van der Waals surface area contributed by atoms with E-state index in [1.165, 1.54) is 12.1 Å². The summed E-state index contributed by atoms with van der Waals surface area (Å²) in [4.78, 5) is 24.5. The minimum atomic E-state index is -1.03. The molecule has 0 bridgehead atoms. The monoisotopic (exact) mass is 339 g/mol. The van der Waals surface area contributed by atoms with E-state index in [0.717, 1.165) is 18.9 Å². The van der Waals surface area contributed by atoms with Crippen molar-refractivity contribution in [1.29, 1.82) is 0 Å². The molecule has 0 aromatic heterocycles. The Kier molecular flexibility index (Phi) is 5.23. The first kappa shape index (κ1) is 16.9. The maximum Gasteiger partial charge on any atom is 0.331 e. The largest absolute Gasteiger partial charge is 0.444 e. The lowest BCUT2D eigenvalue weighted by Crippen LogP contribution is -2.33. The van der Waals surface area contributed by atoms with Gasteiger partial charge in [-0.25, -0.2) is 9.18 Å². The van der Waals surface area contributed by atoms with Crippen LogP contribution in [0.2, 0.25) is 0 Å². The van der Waals surface area contributed by atoms with Gasteiger partial charge in [-0.1, -0.05) is 48.5 Å². The molecule has 128 valence electrons. The molecular weight excluding hydrogens is 321 g/mol. The molecule has 5 heteroatoms. The van der Waals surface area contributed by atoms with E-state index in [1.807, 2.05) is 6.07 Å². The fourth-order valence-electron chi connectivity index (χ4n) is 2.33. The van der Waals surface area contributed by atoms with Crippen molar-refractivity contribution in [2.24, 2.45) is 0 Å². The summed E-state index contributed by atoms with van der Waals surface area (Å²) in [6.45, 7) is 0. The molecule has 2 aromatic rings. The summed E-state index contributed by atoms with van der Waals surface area (Å²) in [5, 5.41) is 2.84. The van der Waals surface area contributed by atoms with Crippen LogP contribution in [0.3, 0.4) is 0 Å². The second kappa shape index (κ2) is 7.75. The zero-order chi connectivity index (χ0) is 17.6. The van der Waals surface area contributed by atoms with E-state index >= 15 is 0 Å². The molecule has 4 nitrogen and oxygen atoms in total. The van der Waals surface area contributed by atoms with E-state index in [2.05, 4.69) is 5.32 Å². The Bertz CT molecular complexity index is 785. The molecule has 2 aromatic carbocycles. The Morgan fingerprint density at radius 2 is 1.76 bits per heavy atom. The first-order chi connectivity index (χ1) is 12.1. The fourth-order valence-corrected chi connectivity index (χ4v) is 2.33. The molecule has 1 atom stereocenters. The molecule has 1 N–H and O–H groups in total. The lowest BCUT2D eigenvalue weighted by atomic mass is 10.1.